The van der Waals surface area contributed by atoms with Crippen molar-refractivity contribution in [3.63, 3.8) is 0 Å². The number of aromatic nitrogens is 2. The van der Waals surface area contributed by atoms with E-state index in [1.54, 1.807) is 0 Å². The molecule has 56 heavy (non-hydrogen) atoms. The van der Waals surface area contributed by atoms with Crippen molar-refractivity contribution < 1.29 is 0 Å². The summed E-state index contributed by atoms with van der Waals surface area (Å²) in [5, 5.41) is 7.53. The Morgan fingerprint density at radius 1 is 0.321 bits per heavy atom. The van der Waals surface area contributed by atoms with Crippen molar-refractivity contribution in [3.8, 4) is 56.2 Å². The molecule has 10 aromatic rings. The molecule has 0 radical (unpaired) electrons. The summed E-state index contributed by atoms with van der Waals surface area (Å²) in [5.74, 6) is 0.710. The molecular formula is C53H36N2S. The maximum Gasteiger partial charge on any atom is 0.160 e. The molecule has 2 heterocycles. The second-order valence-electron chi connectivity index (χ2n) is 14.2. The van der Waals surface area contributed by atoms with Gasteiger partial charge >= 0.3 is 0 Å². The van der Waals surface area contributed by atoms with Gasteiger partial charge in [-0.25, -0.2) is 9.97 Å². The molecule has 0 spiro atoms. The normalized spacial score (nSPS) is 11.3. The second kappa shape index (κ2) is 14.4. The number of aryl methyl sites for hydroxylation is 1. The predicted molar refractivity (Wildman–Crippen MR) is 239 cm³/mol. The predicted octanol–water partition coefficient (Wildman–Crippen LogP) is 14.9. The van der Waals surface area contributed by atoms with E-state index >= 15 is 0 Å². The summed E-state index contributed by atoms with van der Waals surface area (Å²) in [4.78, 5) is 10.2. The minimum absolute atomic E-state index is 0.710. The minimum Gasteiger partial charge on any atom is -0.228 e. The molecule has 0 bridgehead atoms. The summed E-state index contributed by atoms with van der Waals surface area (Å²) in [6, 6.07) is 71.6. The fourth-order valence-corrected chi connectivity index (χ4v) is 8.98. The van der Waals surface area contributed by atoms with Crippen molar-refractivity contribution in [2.24, 2.45) is 0 Å². The van der Waals surface area contributed by atoms with Crippen LogP contribution in [0, 0.1) is 6.92 Å². The first kappa shape index (κ1) is 33.6. The van der Waals surface area contributed by atoms with E-state index in [2.05, 4.69) is 195 Å². The first-order chi connectivity index (χ1) is 27.7. The van der Waals surface area contributed by atoms with Crippen molar-refractivity contribution in [1.82, 2.24) is 9.97 Å². The quantitative estimate of drug-likeness (QED) is 0.176. The topological polar surface area (TPSA) is 25.8 Å². The van der Waals surface area contributed by atoms with Gasteiger partial charge in [-0.05, 0) is 92.0 Å². The van der Waals surface area contributed by atoms with E-state index in [-0.39, 0.29) is 0 Å². The molecule has 8 aromatic carbocycles. The molecule has 0 fully saturated rings. The molecule has 0 N–H and O–H groups in total. The van der Waals surface area contributed by atoms with Crippen LogP contribution in [-0.2, 0) is 0 Å². The van der Waals surface area contributed by atoms with Crippen LogP contribution in [0.3, 0.4) is 0 Å². The van der Waals surface area contributed by atoms with Gasteiger partial charge in [0.2, 0.25) is 0 Å². The van der Waals surface area contributed by atoms with E-state index in [0.717, 1.165) is 33.6 Å². The van der Waals surface area contributed by atoms with E-state index in [1.165, 1.54) is 64.0 Å². The van der Waals surface area contributed by atoms with E-state index in [0.29, 0.717) is 5.82 Å². The number of nitrogens with zero attached hydrogens (tertiary/aromatic N) is 2. The zero-order valence-corrected chi connectivity index (χ0v) is 31.7. The van der Waals surface area contributed by atoms with Crippen molar-refractivity contribution >= 4 is 53.1 Å². The molecule has 0 amide bonds. The molecule has 0 saturated carbocycles. The molecule has 10 rings (SSSR count). The third-order valence-corrected chi connectivity index (χ3v) is 11.8. The van der Waals surface area contributed by atoms with Gasteiger partial charge in [0.15, 0.2) is 5.82 Å². The molecule has 0 aliphatic carbocycles. The van der Waals surface area contributed by atoms with Crippen LogP contribution >= 0.6 is 11.3 Å². The molecule has 2 aromatic heterocycles. The Morgan fingerprint density at radius 3 is 1.45 bits per heavy atom. The minimum atomic E-state index is 0.710. The van der Waals surface area contributed by atoms with Gasteiger partial charge in [0.25, 0.3) is 0 Å². The van der Waals surface area contributed by atoms with Crippen LogP contribution in [0.5, 0.6) is 0 Å². The lowest BCUT2D eigenvalue weighted by Gasteiger charge is -2.12. The fraction of sp³-hybridized carbons (Fsp3) is 0.0189. The van der Waals surface area contributed by atoms with Gasteiger partial charge in [-0.1, -0.05) is 170 Å². The van der Waals surface area contributed by atoms with E-state index in [9.17, 15) is 0 Å². The maximum absolute atomic E-state index is 5.09. The molecule has 0 saturated heterocycles. The molecule has 0 atom stereocenters. The fourth-order valence-electron chi connectivity index (χ4n) is 7.89. The van der Waals surface area contributed by atoms with Crippen LogP contribution in [0.15, 0.2) is 200 Å². The van der Waals surface area contributed by atoms with Crippen LogP contribution in [0.2, 0.25) is 0 Å². The third-order valence-electron chi connectivity index (χ3n) is 10.7. The van der Waals surface area contributed by atoms with Gasteiger partial charge in [-0.15, -0.1) is 11.3 Å². The van der Waals surface area contributed by atoms with Crippen molar-refractivity contribution in [2.75, 3.05) is 0 Å². The lowest BCUT2D eigenvalue weighted by atomic mass is 9.94. The first-order valence-electron chi connectivity index (χ1n) is 19.0. The Kier molecular flexibility index (Phi) is 8.63. The zero-order chi connectivity index (χ0) is 37.4. The molecule has 0 aliphatic rings. The summed E-state index contributed by atoms with van der Waals surface area (Å²) in [7, 11) is 0. The zero-order valence-electron chi connectivity index (χ0n) is 30.9. The van der Waals surface area contributed by atoms with Crippen molar-refractivity contribution in [3.05, 3.63) is 206 Å². The average Bonchev–Trinajstić information content (AvgIpc) is 3.31. The molecule has 0 unspecified atom stereocenters. The summed E-state index contributed by atoms with van der Waals surface area (Å²) in [5.41, 5.74) is 10.9. The number of hydrogen-bond acceptors (Lipinski definition) is 3. The van der Waals surface area contributed by atoms with E-state index in [1.807, 2.05) is 23.5 Å². The van der Waals surface area contributed by atoms with Gasteiger partial charge in [0.1, 0.15) is 0 Å². The molecular weight excluding hydrogens is 697 g/mol. The second-order valence-corrected chi connectivity index (χ2v) is 15.3. The number of rotatable bonds is 5. The summed E-state index contributed by atoms with van der Waals surface area (Å²) in [6.45, 7) is 2.21. The van der Waals surface area contributed by atoms with Gasteiger partial charge in [0.05, 0.1) is 11.4 Å². The highest BCUT2D eigenvalue weighted by molar-refractivity contribution is 7.24. The Balaban J connectivity index is 1.08. The standard InChI is InChI=1S/C53H36N2S/c1-35-31-38(39-28-30-52-48(33-39)46-24-11-9-22-44(46)43-21-8-10-23-45(43)47-25-12-13-26-51(47)56-52)27-29-42(35)40-19-14-20-41(32-40)53-54-49(36-15-4-2-5-16-36)34-50(55-53)37-17-6-3-7-18-37/h2-34H,1H3. The Hall–Kier alpha value is -6.94. The maximum atomic E-state index is 5.09. The lowest BCUT2D eigenvalue weighted by molar-refractivity contribution is 1.18. The number of fused-ring (bicyclic) bond motifs is 7. The lowest BCUT2D eigenvalue weighted by Crippen LogP contribution is -1.96. The van der Waals surface area contributed by atoms with Crippen LogP contribution in [0.4, 0.5) is 0 Å². The summed E-state index contributed by atoms with van der Waals surface area (Å²) in [6.07, 6.45) is 0. The summed E-state index contributed by atoms with van der Waals surface area (Å²) < 4.78 is 2.51. The van der Waals surface area contributed by atoms with Crippen LogP contribution in [0.1, 0.15) is 5.56 Å². The Bertz CT molecular complexity index is 3090. The molecule has 2 nitrogen and oxygen atoms in total. The SMILES string of the molecule is Cc1cc(-c2ccc3sc4ccccc4c4ccccc4c4ccccc4c3c2)ccc1-c1cccc(-c2nc(-c3ccccc3)cc(-c3ccccc3)n2)c1. The highest BCUT2D eigenvalue weighted by atomic mass is 32.1. The monoisotopic (exact) mass is 732 g/mol. The molecule has 264 valence electrons. The third kappa shape index (κ3) is 6.28. The van der Waals surface area contributed by atoms with Gasteiger partial charge in [-0.3, -0.25) is 0 Å². The number of hydrogen-bond donors (Lipinski definition) is 0. The Labute approximate surface area is 330 Å². The Morgan fingerprint density at radius 2 is 0.804 bits per heavy atom. The first-order valence-corrected chi connectivity index (χ1v) is 19.8. The van der Waals surface area contributed by atoms with Crippen LogP contribution in [0.25, 0.3) is 97.9 Å². The molecule has 3 heteroatoms. The highest BCUT2D eigenvalue weighted by Gasteiger charge is 2.13. The van der Waals surface area contributed by atoms with Crippen LogP contribution in [-0.4, -0.2) is 9.97 Å². The van der Waals surface area contributed by atoms with Crippen molar-refractivity contribution in [1.29, 1.82) is 0 Å². The van der Waals surface area contributed by atoms with E-state index < -0.39 is 0 Å². The van der Waals surface area contributed by atoms with E-state index in [4.69, 9.17) is 9.97 Å². The molecule has 0 aliphatic heterocycles. The van der Waals surface area contributed by atoms with Crippen LogP contribution < -0.4 is 0 Å². The highest BCUT2D eigenvalue weighted by Crippen LogP contribution is 2.38. The smallest absolute Gasteiger partial charge is 0.160 e. The largest absolute Gasteiger partial charge is 0.228 e. The van der Waals surface area contributed by atoms with Gasteiger partial charge in [-0.2, -0.15) is 0 Å². The summed E-state index contributed by atoms with van der Waals surface area (Å²) >= 11 is 1.85. The van der Waals surface area contributed by atoms with Crippen molar-refractivity contribution in [2.45, 2.75) is 6.92 Å². The van der Waals surface area contributed by atoms with Gasteiger partial charge in [0, 0.05) is 31.5 Å². The van der Waals surface area contributed by atoms with Gasteiger partial charge < -0.3 is 0 Å². The average molecular weight is 733 g/mol. The number of benzene rings is 8.